The van der Waals surface area contributed by atoms with E-state index in [0.29, 0.717) is 6.54 Å². The molecule has 1 aliphatic heterocycles. The molecule has 1 unspecified atom stereocenters. The zero-order valence-corrected chi connectivity index (χ0v) is 14.2. The van der Waals surface area contributed by atoms with Gasteiger partial charge in [-0.1, -0.05) is 30.0 Å². The third-order valence-corrected chi connectivity index (χ3v) is 5.12. The van der Waals surface area contributed by atoms with Gasteiger partial charge in [-0.05, 0) is 43.4 Å². The van der Waals surface area contributed by atoms with E-state index < -0.39 is 0 Å². The molecule has 0 spiro atoms. The SMILES string of the molecule is COCC(=O)N(CCc1c(C)cccc1C)C1CCSC1=O. The molecule has 0 saturated carbocycles. The number of carbonyl (C=O) groups excluding carboxylic acids is 2. The minimum Gasteiger partial charge on any atom is -0.375 e. The molecule has 5 heteroatoms. The Morgan fingerprint density at radius 1 is 1.36 bits per heavy atom. The largest absolute Gasteiger partial charge is 0.375 e. The molecule has 0 aromatic heterocycles. The van der Waals surface area contributed by atoms with Gasteiger partial charge in [0.15, 0.2) is 0 Å². The van der Waals surface area contributed by atoms with Gasteiger partial charge in [0.1, 0.15) is 12.6 Å². The smallest absolute Gasteiger partial charge is 0.249 e. The van der Waals surface area contributed by atoms with Crippen molar-refractivity contribution in [3.05, 3.63) is 34.9 Å². The van der Waals surface area contributed by atoms with Crippen molar-refractivity contribution in [1.82, 2.24) is 4.90 Å². The third kappa shape index (κ3) is 3.90. The highest BCUT2D eigenvalue weighted by Crippen LogP contribution is 2.25. The molecule has 1 aromatic rings. The summed E-state index contributed by atoms with van der Waals surface area (Å²) in [5, 5.41) is 0.103. The number of hydrogen-bond acceptors (Lipinski definition) is 4. The molecule has 0 aliphatic carbocycles. The van der Waals surface area contributed by atoms with Gasteiger partial charge >= 0.3 is 0 Å². The second-order valence-electron chi connectivity index (χ2n) is 5.61. The van der Waals surface area contributed by atoms with Gasteiger partial charge in [0, 0.05) is 19.4 Å². The summed E-state index contributed by atoms with van der Waals surface area (Å²) in [6.07, 6.45) is 1.51. The Hall–Kier alpha value is -1.33. The molecule has 0 N–H and O–H groups in total. The number of hydrogen-bond donors (Lipinski definition) is 0. The average Bonchev–Trinajstić information content (AvgIpc) is 2.88. The Morgan fingerprint density at radius 2 is 2.05 bits per heavy atom. The first-order chi connectivity index (χ1) is 10.5. The van der Waals surface area contributed by atoms with Crippen molar-refractivity contribution in [3.8, 4) is 0 Å². The molecule has 1 saturated heterocycles. The van der Waals surface area contributed by atoms with Crippen LogP contribution in [-0.2, 0) is 20.7 Å². The van der Waals surface area contributed by atoms with Gasteiger partial charge < -0.3 is 9.64 Å². The summed E-state index contributed by atoms with van der Waals surface area (Å²) in [6.45, 7) is 4.76. The number of nitrogens with zero attached hydrogens (tertiary/aromatic N) is 1. The molecular weight excluding hydrogens is 298 g/mol. The number of aryl methyl sites for hydroxylation is 2. The van der Waals surface area contributed by atoms with E-state index in [1.54, 1.807) is 4.90 Å². The normalized spacial score (nSPS) is 17.8. The predicted octanol–water partition coefficient (Wildman–Crippen LogP) is 2.35. The van der Waals surface area contributed by atoms with Gasteiger partial charge in [0.05, 0.1) is 0 Å². The van der Waals surface area contributed by atoms with Crippen LogP contribution in [-0.4, -0.2) is 48.0 Å². The van der Waals surface area contributed by atoms with Crippen LogP contribution < -0.4 is 0 Å². The van der Waals surface area contributed by atoms with Gasteiger partial charge in [-0.3, -0.25) is 9.59 Å². The van der Waals surface area contributed by atoms with E-state index in [1.165, 1.54) is 35.6 Å². The fraction of sp³-hybridized carbons (Fsp3) is 0.529. The standard InChI is InChI=1S/C17H23NO3S/c1-12-5-4-6-13(2)14(12)7-9-18(16(19)11-21-3)15-8-10-22-17(15)20/h4-6,15H,7-11H2,1-3H3. The highest BCUT2D eigenvalue weighted by molar-refractivity contribution is 8.14. The van der Waals surface area contributed by atoms with Crippen LogP contribution in [0.5, 0.6) is 0 Å². The lowest BCUT2D eigenvalue weighted by molar-refractivity contribution is -0.140. The van der Waals surface area contributed by atoms with Crippen molar-refractivity contribution in [1.29, 1.82) is 0 Å². The van der Waals surface area contributed by atoms with Gasteiger partial charge in [-0.2, -0.15) is 0 Å². The van der Waals surface area contributed by atoms with E-state index in [1.807, 2.05) is 6.07 Å². The lowest BCUT2D eigenvalue weighted by Gasteiger charge is -2.28. The molecule has 0 radical (unpaired) electrons. The van der Waals surface area contributed by atoms with Crippen LogP contribution in [0.1, 0.15) is 23.1 Å². The lowest BCUT2D eigenvalue weighted by Crippen LogP contribution is -2.45. The number of carbonyl (C=O) groups is 2. The summed E-state index contributed by atoms with van der Waals surface area (Å²) in [6, 6.07) is 5.91. The van der Waals surface area contributed by atoms with Crippen LogP contribution in [0, 0.1) is 13.8 Å². The van der Waals surface area contributed by atoms with E-state index in [9.17, 15) is 9.59 Å². The number of amides is 1. The molecule has 1 atom stereocenters. The predicted molar refractivity (Wildman–Crippen MR) is 89.1 cm³/mol. The highest BCUT2D eigenvalue weighted by atomic mass is 32.2. The molecule has 1 aromatic carbocycles. The summed E-state index contributed by atoms with van der Waals surface area (Å²) in [4.78, 5) is 26.0. The zero-order valence-electron chi connectivity index (χ0n) is 13.4. The minimum absolute atomic E-state index is 0.0290. The summed E-state index contributed by atoms with van der Waals surface area (Å²) < 4.78 is 4.97. The molecule has 0 bridgehead atoms. The highest BCUT2D eigenvalue weighted by Gasteiger charge is 2.33. The van der Waals surface area contributed by atoms with Crippen LogP contribution in [0.25, 0.3) is 0 Å². The van der Waals surface area contributed by atoms with Crippen molar-refractivity contribution in [3.63, 3.8) is 0 Å². The number of ether oxygens (including phenoxy) is 1. The van der Waals surface area contributed by atoms with Crippen molar-refractivity contribution in [2.75, 3.05) is 26.0 Å². The van der Waals surface area contributed by atoms with Crippen LogP contribution in [0.15, 0.2) is 18.2 Å². The first-order valence-electron chi connectivity index (χ1n) is 7.54. The summed E-state index contributed by atoms with van der Waals surface area (Å²) in [7, 11) is 1.51. The molecular formula is C17H23NO3S. The van der Waals surface area contributed by atoms with Crippen LogP contribution in [0.3, 0.4) is 0 Å². The van der Waals surface area contributed by atoms with E-state index in [2.05, 4.69) is 26.0 Å². The van der Waals surface area contributed by atoms with Crippen molar-refractivity contribution >= 4 is 22.8 Å². The maximum Gasteiger partial charge on any atom is 0.249 e. The van der Waals surface area contributed by atoms with Gasteiger partial charge in [0.2, 0.25) is 11.0 Å². The monoisotopic (exact) mass is 321 g/mol. The minimum atomic E-state index is -0.294. The van der Waals surface area contributed by atoms with E-state index in [4.69, 9.17) is 4.74 Å². The van der Waals surface area contributed by atoms with Crippen LogP contribution in [0.2, 0.25) is 0 Å². The number of thioether (sulfide) groups is 1. The maximum atomic E-state index is 12.3. The second kappa shape index (κ2) is 7.79. The average molecular weight is 321 g/mol. The topological polar surface area (TPSA) is 46.6 Å². The molecule has 1 aliphatic rings. The number of methoxy groups -OCH3 is 1. The first-order valence-corrected chi connectivity index (χ1v) is 8.53. The summed E-state index contributed by atoms with van der Waals surface area (Å²) >= 11 is 1.32. The fourth-order valence-corrected chi connectivity index (χ4v) is 3.88. The molecule has 1 heterocycles. The molecule has 1 amide bonds. The fourth-order valence-electron chi connectivity index (χ4n) is 2.90. The van der Waals surface area contributed by atoms with E-state index in [-0.39, 0.29) is 23.7 Å². The zero-order chi connectivity index (χ0) is 16.1. The number of benzene rings is 1. The van der Waals surface area contributed by atoms with Crippen molar-refractivity contribution in [2.24, 2.45) is 0 Å². The van der Waals surface area contributed by atoms with E-state index in [0.717, 1.165) is 18.6 Å². The van der Waals surface area contributed by atoms with Crippen LogP contribution >= 0.6 is 11.8 Å². The Morgan fingerprint density at radius 3 is 2.59 bits per heavy atom. The molecule has 22 heavy (non-hydrogen) atoms. The van der Waals surface area contributed by atoms with Gasteiger partial charge in [-0.25, -0.2) is 0 Å². The molecule has 2 rings (SSSR count). The Balaban J connectivity index is 2.12. The summed E-state index contributed by atoms with van der Waals surface area (Å²) in [5.74, 6) is 0.693. The lowest BCUT2D eigenvalue weighted by atomic mass is 9.99. The maximum absolute atomic E-state index is 12.3. The quantitative estimate of drug-likeness (QED) is 0.807. The molecule has 4 nitrogen and oxygen atoms in total. The Bertz CT molecular complexity index is 539. The first kappa shape index (κ1) is 17.0. The second-order valence-corrected chi connectivity index (χ2v) is 6.71. The van der Waals surface area contributed by atoms with Crippen molar-refractivity contribution in [2.45, 2.75) is 32.7 Å². The molecule has 1 fully saturated rings. The van der Waals surface area contributed by atoms with Gasteiger partial charge in [0.25, 0.3) is 0 Å². The Labute approximate surface area is 136 Å². The van der Waals surface area contributed by atoms with E-state index >= 15 is 0 Å². The number of rotatable bonds is 6. The summed E-state index contributed by atoms with van der Waals surface area (Å²) in [5.41, 5.74) is 3.72. The van der Waals surface area contributed by atoms with Crippen LogP contribution in [0.4, 0.5) is 0 Å². The third-order valence-electron chi connectivity index (χ3n) is 4.12. The Kier molecular flexibility index (Phi) is 6.03. The van der Waals surface area contributed by atoms with Gasteiger partial charge in [-0.15, -0.1) is 0 Å². The molecule has 120 valence electrons. The van der Waals surface area contributed by atoms with Crippen molar-refractivity contribution < 1.29 is 14.3 Å².